The molecule has 170 valence electrons. The first-order valence-corrected chi connectivity index (χ1v) is 10.8. The molecule has 2 atom stereocenters. The first kappa shape index (κ1) is 22.6. The molecule has 0 amide bonds. The van der Waals surface area contributed by atoms with Crippen molar-refractivity contribution < 1.29 is 23.0 Å². The fourth-order valence-corrected chi connectivity index (χ4v) is 3.26. The average molecular weight is 564 g/mol. The molecule has 3 aromatic rings. The largest absolute Gasteiger partial charge is 0.479 e. The van der Waals surface area contributed by atoms with Gasteiger partial charge in [-0.1, -0.05) is 0 Å². The molecule has 1 heterocycles. The summed E-state index contributed by atoms with van der Waals surface area (Å²) in [4.78, 5) is 3.96. The average Bonchev–Trinajstić information content (AvgIpc) is 2.83. The van der Waals surface area contributed by atoms with Crippen molar-refractivity contribution in [3.63, 3.8) is 0 Å². The van der Waals surface area contributed by atoms with Crippen molar-refractivity contribution in [2.45, 2.75) is 12.3 Å². The van der Waals surface area contributed by atoms with Crippen LogP contribution in [-0.2, 0) is 0 Å². The van der Waals surface area contributed by atoms with Gasteiger partial charge >= 0.3 is 0 Å². The summed E-state index contributed by atoms with van der Waals surface area (Å²) in [5.41, 5.74) is 13.2. The van der Waals surface area contributed by atoms with Gasteiger partial charge in [-0.15, -0.1) is 0 Å². The van der Waals surface area contributed by atoms with Crippen LogP contribution in [0, 0.1) is 0 Å². The molecular weight excluding hydrogens is 545 g/mol. The summed E-state index contributed by atoms with van der Waals surface area (Å²) in [5, 5.41) is 0. The summed E-state index contributed by atoms with van der Waals surface area (Å²) < 4.78 is 50.4. The van der Waals surface area contributed by atoms with Gasteiger partial charge in [0.1, 0.15) is 17.2 Å². The Morgan fingerprint density at radius 1 is 0.788 bits per heavy atom. The molecule has 0 aromatic heterocycles. The predicted octanol–water partition coefficient (Wildman–Crippen LogP) is 5.41. The number of benzene rings is 3. The third kappa shape index (κ3) is 5.45. The van der Waals surface area contributed by atoms with E-state index in [1.807, 2.05) is 22.9 Å². The molecule has 2 unspecified atom stereocenters. The lowest BCUT2D eigenvalue weighted by atomic mass is 10.1. The van der Waals surface area contributed by atoms with Crippen molar-refractivity contribution in [1.82, 2.24) is 0 Å². The highest BCUT2D eigenvalue weighted by Gasteiger charge is 2.41. The van der Waals surface area contributed by atoms with Crippen LogP contribution in [0.2, 0.25) is 0 Å². The zero-order valence-electron chi connectivity index (χ0n) is 17.0. The number of hydrogen-bond donors (Lipinski definition) is 3. The van der Waals surface area contributed by atoms with Crippen LogP contribution in [0.4, 0.5) is 25.8 Å². The Labute approximate surface area is 202 Å². The van der Waals surface area contributed by atoms with Gasteiger partial charge in [0.05, 0.1) is 22.9 Å². The highest BCUT2D eigenvalue weighted by molar-refractivity contribution is 14.1. The van der Waals surface area contributed by atoms with Gasteiger partial charge in [0.15, 0.2) is 6.10 Å². The molecule has 0 aliphatic carbocycles. The molecule has 0 saturated heterocycles. The molecular formula is C23H19F2IN4O3. The number of nitrogens with zero attached hydrogens (tertiary/aromatic N) is 1. The molecule has 0 spiro atoms. The van der Waals surface area contributed by atoms with Gasteiger partial charge in [0.2, 0.25) is 17.9 Å². The number of hydrogen-bond acceptors (Lipinski definition) is 7. The minimum Gasteiger partial charge on any atom is -0.479 e. The van der Waals surface area contributed by atoms with E-state index in [-0.39, 0.29) is 11.5 Å². The lowest BCUT2D eigenvalue weighted by Crippen LogP contribution is -2.41. The lowest BCUT2D eigenvalue weighted by Gasteiger charge is -2.26. The van der Waals surface area contributed by atoms with E-state index in [0.717, 1.165) is 5.69 Å². The van der Waals surface area contributed by atoms with Crippen LogP contribution in [0.25, 0.3) is 0 Å². The van der Waals surface area contributed by atoms with Gasteiger partial charge in [0.25, 0.3) is 5.88 Å². The number of halogens is 3. The van der Waals surface area contributed by atoms with E-state index in [1.165, 1.54) is 12.1 Å². The van der Waals surface area contributed by atoms with Crippen LogP contribution in [-0.4, -0.2) is 18.2 Å². The van der Waals surface area contributed by atoms with Crippen molar-refractivity contribution in [3.05, 3.63) is 84.5 Å². The van der Waals surface area contributed by atoms with E-state index in [2.05, 4.69) is 8.52 Å². The number of aliphatic imine (C=N–C) groups is 1. The Balaban J connectivity index is 1.66. The second kappa shape index (κ2) is 9.94. The second-order valence-corrected chi connectivity index (χ2v) is 7.54. The van der Waals surface area contributed by atoms with Crippen LogP contribution < -0.4 is 29.2 Å². The van der Waals surface area contributed by atoms with Gasteiger partial charge in [-0.2, -0.15) is 4.99 Å². The van der Waals surface area contributed by atoms with Crippen molar-refractivity contribution in [3.8, 4) is 17.2 Å². The smallest absolute Gasteiger partial charge is 0.258 e. The number of nitrogens with two attached hydrogens (primary N) is 2. The third-order valence-corrected chi connectivity index (χ3v) is 5.21. The van der Waals surface area contributed by atoms with E-state index in [4.69, 9.17) is 25.7 Å². The van der Waals surface area contributed by atoms with Crippen molar-refractivity contribution in [2.75, 3.05) is 15.0 Å². The Morgan fingerprint density at radius 3 is 1.88 bits per heavy atom. The SMILES string of the molecule is Nc1ccc(OC2=NC(Oc3ccc(NI)cc3)=C(F)C(Oc3ccc(N)cc3)C2F)cc1. The van der Waals surface area contributed by atoms with Crippen molar-refractivity contribution >= 4 is 45.8 Å². The Bertz CT molecular complexity index is 1170. The van der Waals surface area contributed by atoms with Crippen LogP contribution in [0.1, 0.15) is 0 Å². The molecule has 1 aliphatic rings. The van der Waals surface area contributed by atoms with Gasteiger partial charge in [0, 0.05) is 17.1 Å². The van der Waals surface area contributed by atoms with Crippen molar-refractivity contribution in [2.24, 2.45) is 4.99 Å². The van der Waals surface area contributed by atoms with E-state index in [9.17, 15) is 0 Å². The topological polar surface area (TPSA) is 104 Å². The van der Waals surface area contributed by atoms with Gasteiger partial charge in [-0.3, -0.25) is 0 Å². The molecule has 0 radical (unpaired) electrons. The normalized spacial score (nSPS) is 17.8. The molecule has 0 bridgehead atoms. The van der Waals surface area contributed by atoms with Crippen LogP contribution in [0.3, 0.4) is 0 Å². The monoisotopic (exact) mass is 564 g/mol. The van der Waals surface area contributed by atoms with Gasteiger partial charge < -0.3 is 29.2 Å². The Kier molecular flexibility index (Phi) is 6.82. The molecule has 7 nitrogen and oxygen atoms in total. The van der Waals surface area contributed by atoms with E-state index < -0.39 is 29.9 Å². The molecule has 10 heteroatoms. The molecule has 5 N–H and O–H groups in total. The Hall–Kier alpha value is -3.54. The van der Waals surface area contributed by atoms with E-state index in [0.29, 0.717) is 17.1 Å². The summed E-state index contributed by atoms with van der Waals surface area (Å²) >= 11 is 1.98. The summed E-state index contributed by atoms with van der Waals surface area (Å²) in [6.45, 7) is 0. The van der Waals surface area contributed by atoms with Crippen molar-refractivity contribution in [1.29, 1.82) is 0 Å². The van der Waals surface area contributed by atoms with E-state index in [1.54, 1.807) is 60.7 Å². The molecule has 3 aromatic carbocycles. The minimum atomic E-state index is -2.04. The number of nitrogens with one attached hydrogen (secondary N) is 1. The summed E-state index contributed by atoms with van der Waals surface area (Å²) in [6, 6.07) is 19.1. The van der Waals surface area contributed by atoms with Crippen LogP contribution in [0.5, 0.6) is 17.2 Å². The first-order chi connectivity index (χ1) is 15.9. The molecule has 1 aliphatic heterocycles. The van der Waals surface area contributed by atoms with Crippen LogP contribution >= 0.6 is 22.9 Å². The maximum Gasteiger partial charge on any atom is 0.258 e. The first-order valence-electron chi connectivity index (χ1n) is 9.75. The standard InChI is InChI=1S/C23H19F2IN4O3/c24-19-21(31-16-7-1-13(27)2-8-16)20(25)23(33-18-11-5-15(30-26)6-12-18)29-22(19)32-17-9-3-14(28)4-10-17/h1-12,19,21,30H,27-28H2. The second-order valence-electron chi connectivity index (χ2n) is 7.00. The van der Waals surface area contributed by atoms with E-state index >= 15 is 8.78 Å². The number of rotatable bonds is 6. The number of alkyl halides is 1. The molecule has 0 saturated carbocycles. The maximum absolute atomic E-state index is 15.3. The predicted molar refractivity (Wildman–Crippen MR) is 132 cm³/mol. The van der Waals surface area contributed by atoms with Gasteiger partial charge in [-0.05, 0) is 72.8 Å². The maximum atomic E-state index is 15.3. The third-order valence-electron chi connectivity index (χ3n) is 4.59. The summed E-state index contributed by atoms with van der Waals surface area (Å²) in [5.74, 6) is -1.10. The summed E-state index contributed by atoms with van der Waals surface area (Å²) in [6.07, 6.45) is -3.72. The number of nitrogen functional groups attached to an aromatic ring is 2. The van der Waals surface area contributed by atoms with Gasteiger partial charge in [-0.25, -0.2) is 8.78 Å². The highest BCUT2D eigenvalue weighted by Crippen LogP contribution is 2.31. The Morgan fingerprint density at radius 2 is 1.30 bits per heavy atom. The zero-order valence-corrected chi connectivity index (χ0v) is 19.2. The fourth-order valence-electron chi connectivity index (χ4n) is 2.90. The van der Waals surface area contributed by atoms with Crippen LogP contribution in [0.15, 0.2) is 89.5 Å². The quantitative estimate of drug-likeness (QED) is 0.210. The fraction of sp³-hybridized carbons (Fsp3) is 0.0870. The summed E-state index contributed by atoms with van der Waals surface area (Å²) in [7, 11) is 0. The zero-order chi connectivity index (χ0) is 23.4. The minimum absolute atomic E-state index is 0.220. The molecule has 0 fully saturated rings. The number of ether oxygens (including phenoxy) is 3. The molecule has 4 rings (SSSR count). The highest BCUT2D eigenvalue weighted by atomic mass is 127. The number of anilines is 3. The lowest BCUT2D eigenvalue weighted by molar-refractivity contribution is 0.122. The molecule has 33 heavy (non-hydrogen) atoms.